The van der Waals surface area contributed by atoms with Crippen molar-refractivity contribution in [3.8, 4) is 0 Å². The van der Waals surface area contributed by atoms with Crippen molar-refractivity contribution in [1.29, 1.82) is 0 Å². The summed E-state index contributed by atoms with van der Waals surface area (Å²) < 4.78 is 40.1. The second-order valence-electron chi connectivity index (χ2n) is 3.02. The van der Waals surface area contributed by atoms with Crippen LogP contribution in [0, 0.1) is 0 Å². The van der Waals surface area contributed by atoms with Gasteiger partial charge >= 0.3 is 12.1 Å². The van der Waals surface area contributed by atoms with Crippen LogP contribution < -0.4 is 11.1 Å². The number of nitrogens with zero attached hydrogens (tertiary/aromatic N) is 1. The fourth-order valence-corrected chi connectivity index (χ4v) is 1.00. The van der Waals surface area contributed by atoms with Gasteiger partial charge in [-0.15, -0.1) is 0 Å². The molecular formula is C8H10F3N3O2. The Morgan fingerprint density at radius 1 is 1.56 bits per heavy atom. The monoisotopic (exact) mass is 237 g/mol. The SMILES string of the molecule is Nc1ncc(CCCNC(=O)C(F)(F)F)o1. The molecule has 0 radical (unpaired) electrons. The van der Waals surface area contributed by atoms with Crippen LogP contribution in [0.4, 0.5) is 19.2 Å². The molecule has 1 heterocycles. The molecule has 16 heavy (non-hydrogen) atoms. The zero-order chi connectivity index (χ0) is 12.2. The Balaban J connectivity index is 2.20. The molecule has 0 aliphatic rings. The van der Waals surface area contributed by atoms with Crippen LogP contribution in [0.15, 0.2) is 10.6 Å². The first-order valence-electron chi connectivity index (χ1n) is 4.45. The Kier molecular flexibility index (Phi) is 3.75. The number of oxazole rings is 1. The fraction of sp³-hybridized carbons (Fsp3) is 0.500. The third kappa shape index (κ3) is 3.79. The van der Waals surface area contributed by atoms with Gasteiger partial charge in [0.15, 0.2) is 0 Å². The lowest BCUT2D eigenvalue weighted by Gasteiger charge is -2.06. The van der Waals surface area contributed by atoms with Crippen LogP contribution in [0.25, 0.3) is 0 Å². The third-order valence-corrected chi connectivity index (χ3v) is 1.71. The van der Waals surface area contributed by atoms with Gasteiger partial charge in [0, 0.05) is 13.0 Å². The number of nitrogen functional groups attached to an aromatic ring is 1. The van der Waals surface area contributed by atoms with E-state index >= 15 is 0 Å². The number of aromatic nitrogens is 1. The highest BCUT2D eigenvalue weighted by atomic mass is 19.4. The van der Waals surface area contributed by atoms with Gasteiger partial charge in [0.1, 0.15) is 5.76 Å². The second-order valence-corrected chi connectivity index (χ2v) is 3.02. The number of hydrogen-bond acceptors (Lipinski definition) is 4. The maximum absolute atomic E-state index is 11.7. The molecular weight excluding hydrogens is 227 g/mol. The van der Waals surface area contributed by atoms with Gasteiger partial charge in [-0.05, 0) is 6.42 Å². The van der Waals surface area contributed by atoms with E-state index < -0.39 is 12.1 Å². The van der Waals surface area contributed by atoms with E-state index in [4.69, 9.17) is 10.2 Å². The number of carbonyl (C=O) groups is 1. The summed E-state index contributed by atoms with van der Waals surface area (Å²) in [6, 6.07) is 0.00864. The van der Waals surface area contributed by atoms with E-state index in [0.29, 0.717) is 18.6 Å². The van der Waals surface area contributed by atoms with Crippen LogP contribution in [-0.4, -0.2) is 23.6 Å². The minimum absolute atomic E-state index is 0.00864. The van der Waals surface area contributed by atoms with Crippen molar-refractivity contribution in [2.24, 2.45) is 0 Å². The third-order valence-electron chi connectivity index (χ3n) is 1.71. The molecule has 0 saturated carbocycles. The Morgan fingerprint density at radius 3 is 2.75 bits per heavy atom. The molecule has 1 rings (SSSR count). The number of rotatable bonds is 4. The van der Waals surface area contributed by atoms with Crippen molar-refractivity contribution < 1.29 is 22.4 Å². The van der Waals surface area contributed by atoms with Crippen LogP contribution in [0.1, 0.15) is 12.2 Å². The molecule has 0 spiro atoms. The number of hydrogen-bond donors (Lipinski definition) is 2. The predicted molar refractivity (Wildman–Crippen MR) is 48.3 cm³/mol. The highest BCUT2D eigenvalue weighted by Gasteiger charge is 2.38. The molecule has 8 heteroatoms. The number of nitrogens with one attached hydrogen (secondary N) is 1. The number of aryl methyl sites for hydroxylation is 1. The molecule has 0 fully saturated rings. The number of anilines is 1. The Bertz CT molecular complexity index is 362. The molecule has 0 aromatic carbocycles. The molecule has 3 N–H and O–H groups in total. The van der Waals surface area contributed by atoms with Crippen molar-refractivity contribution in [3.63, 3.8) is 0 Å². The average molecular weight is 237 g/mol. The Morgan fingerprint density at radius 2 is 2.25 bits per heavy atom. The number of carbonyl (C=O) groups excluding carboxylic acids is 1. The van der Waals surface area contributed by atoms with Crippen LogP contribution >= 0.6 is 0 Å². The van der Waals surface area contributed by atoms with Crippen molar-refractivity contribution in [1.82, 2.24) is 10.3 Å². The minimum Gasteiger partial charge on any atom is -0.429 e. The molecule has 0 aliphatic carbocycles. The Hall–Kier alpha value is -1.73. The standard InChI is InChI=1S/C8H10F3N3O2/c9-8(10,11)6(15)13-3-1-2-5-4-14-7(12)16-5/h4H,1-3H2,(H2,12,14)(H,13,15). The lowest BCUT2D eigenvalue weighted by molar-refractivity contribution is -0.173. The van der Waals surface area contributed by atoms with Crippen molar-refractivity contribution in [3.05, 3.63) is 12.0 Å². The maximum atomic E-state index is 11.7. The minimum atomic E-state index is -4.84. The van der Waals surface area contributed by atoms with E-state index in [0.717, 1.165) is 0 Å². The zero-order valence-corrected chi connectivity index (χ0v) is 8.17. The first-order valence-corrected chi connectivity index (χ1v) is 4.45. The van der Waals surface area contributed by atoms with Gasteiger partial charge in [0.2, 0.25) is 0 Å². The number of amides is 1. The normalized spacial score (nSPS) is 11.4. The molecule has 1 aromatic heterocycles. The number of nitrogens with two attached hydrogens (primary N) is 1. The summed E-state index contributed by atoms with van der Waals surface area (Å²) in [5.74, 6) is -1.47. The van der Waals surface area contributed by atoms with E-state index in [9.17, 15) is 18.0 Å². The smallest absolute Gasteiger partial charge is 0.429 e. The number of halogens is 3. The summed E-state index contributed by atoms with van der Waals surface area (Å²) in [5, 5.41) is 1.74. The molecule has 1 aromatic rings. The summed E-state index contributed by atoms with van der Waals surface area (Å²) in [7, 11) is 0. The van der Waals surface area contributed by atoms with Gasteiger partial charge in [-0.2, -0.15) is 13.2 Å². The van der Waals surface area contributed by atoms with Crippen molar-refractivity contribution in [2.45, 2.75) is 19.0 Å². The highest BCUT2D eigenvalue weighted by molar-refractivity contribution is 5.81. The summed E-state index contributed by atoms with van der Waals surface area (Å²) in [6.45, 7) is -0.0844. The summed E-state index contributed by atoms with van der Waals surface area (Å²) in [6.07, 6.45) is -2.77. The average Bonchev–Trinajstić information content (AvgIpc) is 2.57. The largest absolute Gasteiger partial charge is 0.471 e. The van der Waals surface area contributed by atoms with Crippen LogP contribution in [0.2, 0.25) is 0 Å². The number of alkyl halides is 3. The van der Waals surface area contributed by atoms with Crippen LogP contribution in [0.5, 0.6) is 0 Å². The van der Waals surface area contributed by atoms with Crippen molar-refractivity contribution >= 4 is 11.9 Å². The molecule has 0 atom stereocenters. The van der Waals surface area contributed by atoms with Gasteiger partial charge in [0.05, 0.1) is 6.20 Å². The summed E-state index contributed by atoms with van der Waals surface area (Å²) in [5.41, 5.74) is 5.19. The van der Waals surface area contributed by atoms with E-state index in [1.165, 1.54) is 6.20 Å². The quantitative estimate of drug-likeness (QED) is 0.761. The van der Waals surface area contributed by atoms with E-state index in [2.05, 4.69) is 4.98 Å². The maximum Gasteiger partial charge on any atom is 0.471 e. The highest BCUT2D eigenvalue weighted by Crippen LogP contribution is 2.14. The van der Waals surface area contributed by atoms with Crippen molar-refractivity contribution in [2.75, 3.05) is 12.3 Å². The summed E-state index contributed by atoms with van der Waals surface area (Å²) in [4.78, 5) is 14.0. The molecule has 5 nitrogen and oxygen atoms in total. The first-order chi connectivity index (χ1) is 7.39. The van der Waals surface area contributed by atoms with Gasteiger partial charge in [-0.1, -0.05) is 0 Å². The molecule has 90 valence electrons. The molecule has 0 aliphatic heterocycles. The lowest BCUT2D eigenvalue weighted by Crippen LogP contribution is -2.37. The lowest BCUT2D eigenvalue weighted by atomic mass is 10.2. The van der Waals surface area contributed by atoms with E-state index in [1.807, 2.05) is 0 Å². The molecule has 1 amide bonds. The van der Waals surface area contributed by atoms with E-state index in [1.54, 1.807) is 5.32 Å². The first kappa shape index (κ1) is 12.3. The molecule has 0 bridgehead atoms. The van der Waals surface area contributed by atoms with Gasteiger partial charge < -0.3 is 15.5 Å². The molecule has 0 saturated heterocycles. The topological polar surface area (TPSA) is 81.1 Å². The van der Waals surface area contributed by atoms with Crippen LogP contribution in [-0.2, 0) is 11.2 Å². The summed E-state index contributed by atoms with van der Waals surface area (Å²) >= 11 is 0. The molecule has 0 unspecified atom stereocenters. The Labute approximate surface area is 88.8 Å². The van der Waals surface area contributed by atoms with Crippen LogP contribution in [0.3, 0.4) is 0 Å². The zero-order valence-electron chi connectivity index (χ0n) is 8.17. The van der Waals surface area contributed by atoms with Gasteiger partial charge in [0.25, 0.3) is 6.01 Å². The van der Waals surface area contributed by atoms with Gasteiger partial charge in [-0.3, -0.25) is 4.79 Å². The fourth-order valence-electron chi connectivity index (χ4n) is 1.00. The second kappa shape index (κ2) is 4.86. The predicted octanol–water partition coefficient (Wildman–Crippen LogP) is 0.868. The van der Waals surface area contributed by atoms with E-state index in [-0.39, 0.29) is 12.6 Å². The van der Waals surface area contributed by atoms with Gasteiger partial charge in [-0.25, -0.2) is 4.98 Å².